The van der Waals surface area contributed by atoms with Gasteiger partial charge in [0.15, 0.2) is 0 Å². The Morgan fingerprint density at radius 3 is 2.46 bits per heavy atom. The van der Waals surface area contributed by atoms with E-state index >= 15 is 0 Å². The number of methoxy groups -OCH3 is 1. The summed E-state index contributed by atoms with van der Waals surface area (Å²) in [6.45, 7) is 3.67. The van der Waals surface area contributed by atoms with E-state index in [-0.39, 0.29) is 5.69 Å². The number of carbonyl (C=O) groups excluding carboxylic acids is 1. The summed E-state index contributed by atoms with van der Waals surface area (Å²) >= 11 is 0. The Hall–Kier alpha value is -3.22. The number of ether oxygens (including phenoxy) is 1. The van der Waals surface area contributed by atoms with Crippen molar-refractivity contribution >= 4 is 28.1 Å². The van der Waals surface area contributed by atoms with Gasteiger partial charge in [0.05, 0.1) is 18.9 Å². The Bertz CT molecular complexity index is 1050. The molecule has 7 heteroatoms. The van der Waals surface area contributed by atoms with Gasteiger partial charge in [-0.15, -0.1) is 0 Å². The Balaban J connectivity index is 1.84. The molecule has 1 aromatic heterocycles. The van der Waals surface area contributed by atoms with E-state index in [1.165, 1.54) is 25.3 Å². The van der Waals surface area contributed by atoms with Crippen LogP contribution >= 0.6 is 0 Å². The van der Waals surface area contributed by atoms with Crippen LogP contribution in [-0.2, 0) is 11.0 Å². The average Bonchev–Trinajstić information content (AvgIpc) is 3.00. The third-order valence-corrected chi connectivity index (χ3v) is 4.34. The van der Waals surface area contributed by atoms with Crippen molar-refractivity contribution in [2.45, 2.75) is 20.0 Å². The van der Waals surface area contributed by atoms with Gasteiger partial charge in [-0.3, -0.25) is 4.79 Å². The highest BCUT2D eigenvalue weighted by molar-refractivity contribution is 6.04. The number of amides is 1. The summed E-state index contributed by atoms with van der Waals surface area (Å²) in [5.41, 5.74) is 2.51. The molecule has 0 saturated carbocycles. The van der Waals surface area contributed by atoms with Crippen molar-refractivity contribution in [1.29, 1.82) is 0 Å². The second-order valence-corrected chi connectivity index (χ2v) is 6.36. The van der Waals surface area contributed by atoms with E-state index in [9.17, 15) is 18.0 Å². The molecule has 146 valence electrons. The molecule has 3 aromatic rings. The quantitative estimate of drug-likeness (QED) is 0.573. The standard InChI is InChI=1S/C21H18F3NO3/c1-12(16-9-17-13(2)11-28-19(17)10-18(16)27-3)8-20(26)25-15-6-4-14(5-7-15)21(22,23)24/h4-11H,1-3H3,(H,25,26)/b12-8+. The smallest absolute Gasteiger partial charge is 0.416 e. The number of benzene rings is 2. The third-order valence-electron chi connectivity index (χ3n) is 4.34. The van der Waals surface area contributed by atoms with Gasteiger partial charge in [0.25, 0.3) is 0 Å². The molecule has 3 rings (SSSR count). The lowest BCUT2D eigenvalue weighted by Crippen LogP contribution is -2.10. The van der Waals surface area contributed by atoms with Crippen molar-refractivity contribution in [3.63, 3.8) is 0 Å². The summed E-state index contributed by atoms with van der Waals surface area (Å²) in [6, 6.07) is 7.90. The number of allylic oxidation sites excluding steroid dienone is 1. The summed E-state index contributed by atoms with van der Waals surface area (Å²) < 4.78 is 48.7. The molecule has 0 aliphatic heterocycles. The first kappa shape index (κ1) is 19.5. The highest BCUT2D eigenvalue weighted by Gasteiger charge is 2.29. The monoisotopic (exact) mass is 389 g/mol. The van der Waals surface area contributed by atoms with Gasteiger partial charge in [0.2, 0.25) is 5.91 Å². The lowest BCUT2D eigenvalue weighted by atomic mass is 10.0. The predicted molar refractivity (Wildman–Crippen MR) is 101 cm³/mol. The summed E-state index contributed by atoms with van der Waals surface area (Å²) in [7, 11) is 1.52. The number of hydrogen-bond acceptors (Lipinski definition) is 3. The Morgan fingerprint density at radius 2 is 1.86 bits per heavy atom. The van der Waals surface area contributed by atoms with Gasteiger partial charge in [0.1, 0.15) is 11.3 Å². The molecule has 0 bridgehead atoms. The van der Waals surface area contributed by atoms with Crippen molar-refractivity contribution < 1.29 is 27.1 Å². The molecule has 0 aliphatic carbocycles. The minimum atomic E-state index is -4.42. The van der Waals surface area contributed by atoms with E-state index in [2.05, 4.69) is 5.32 Å². The zero-order chi connectivity index (χ0) is 20.5. The normalized spacial score (nSPS) is 12.3. The number of halogens is 3. The number of carbonyl (C=O) groups is 1. The number of hydrogen-bond donors (Lipinski definition) is 1. The van der Waals surface area contributed by atoms with E-state index in [4.69, 9.17) is 9.15 Å². The van der Waals surface area contributed by atoms with E-state index in [0.717, 1.165) is 28.6 Å². The van der Waals surface area contributed by atoms with Crippen LogP contribution in [0, 0.1) is 6.92 Å². The summed E-state index contributed by atoms with van der Waals surface area (Å²) in [5.74, 6) is 0.0984. The van der Waals surface area contributed by atoms with Crippen LogP contribution in [0.25, 0.3) is 16.5 Å². The van der Waals surface area contributed by atoms with Crippen LogP contribution in [0.4, 0.5) is 18.9 Å². The average molecular weight is 389 g/mol. The Morgan fingerprint density at radius 1 is 1.18 bits per heavy atom. The highest BCUT2D eigenvalue weighted by Crippen LogP contribution is 2.33. The van der Waals surface area contributed by atoms with Crippen molar-refractivity contribution in [2.75, 3.05) is 12.4 Å². The molecule has 0 atom stereocenters. The first-order chi connectivity index (χ1) is 13.2. The van der Waals surface area contributed by atoms with Gasteiger partial charge in [-0.2, -0.15) is 13.2 Å². The third kappa shape index (κ3) is 4.03. The molecule has 0 saturated heterocycles. The van der Waals surface area contributed by atoms with Crippen LogP contribution < -0.4 is 10.1 Å². The first-order valence-corrected chi connectivity index (χ1v) is 8.42. The van der Waals surface area contributed by atoms with E-state index in [0.29, 0.717) is 16.9 Å². The number of rotatable bonds is 4. The maximum atomic E-state index is 12.6. The fourth-order valence-electron chi connectivity index (χ4n) is 2.85. The van der Waals surface area contributed by atoms with E-state index in [1.54, 1.807) is 19.3 Å². The van der Waals surface area contributed by atoms with Crippen LogP contribution in [0.3, 0.4) is 0 Å². The van der Waals surface area contributed by atoms with E-state index in [1.807, 2.05) is 13.0 Å². The van der Waals surface area contributed by atoms with Gasteiger partial charge in [0, 0.05) is 28.8 Å². The van der Waals surface area contributed by atoms with Gasteiger partial charge >= 0.3 is 6.18 Å². The SMILES string of the molecule is COc1cc2occ(C)c2cc1/C(C)=C/C(=O)Nc1ccc(C(F)(F)F)cc1. The number of alkyl halides is 3. The molecule has 0 radical (unpaired) electrons. The maximum Gasteiger partial charge on any atom is 0.416 e. The second kappa shape index (κ2) is 7.42. The molecule has 1 N–H and O–H groups in total. The number of furan rings is 1. The molecule has 0 unspecified atom stereocenters. The van der Waals surface area contributed by atoms with Gasteiger partial charge in [-0.1, -0.05) is 0 Å². The molecule has 0 aliphatic rings. The van der Waals surface area contributed by atoms with Crippen LogP contribution in [-0.4, -0.2) is 13.0 Å². The van der Waals surface area contributed by atoms with Gasteiger partial charge in [-0.05, 0) is 55.3 Å². The first-order valence-electron chi connectivity index (χ1n) is 8.42. The van der Waals surface area contributed by atoms with Crippen molar-refractivity contribution in [3.05, 3.63) is 65.4 Å². The highest BCUT2D eigenvalue weighted by atomic mass is 19.4. The van der Waals surface area contributed by atoms with Crippen LogP contribution in [0.15, 0.2) is 53.2 Å². The Labute approximate surface area is 159 Å². The van der Waals surface area contributed by atoms with Gasteiger partial charge in [-0.25, -0.2) is 0 Å². The number of fused-ring (bicyclic) bond motifs is 1. The topological polar surface area (TPSA) is 51.5 Å². The van der Waals surface area contributed by atoms with E-state index < -0.39 is 17.6 Å². The lowest BCUT2D eigenvalue weighted by Gasteiger charge is -2.10. The Kier molecular flexibility index (Phi) is 5.18. The van der Waals surface area contributed by atoms with Crippen LogP contribution in [0.2, 0.25) is 0 Å². The molecular formula is C21H18F3NO3. The van der Waals surface area contributed by atoms with Crippen LogP contribution in [0.1, 0.15) is 23.6 Å². The lowest BCUT2D eigenvalue weighted by molar-refractivity contribution is -0.137. The molecule has 1 amide bonds. The second-order valence-electron chi connectivity index (χ2n) is 6.36. The molecule has 28 heavy (non-hydrogen) atoms. The molecule has 2 aromatic carbocycles. The zero-order valence-electron chi connectivity index (χ0n) is 15.5. The zero-order valence-corrected chi connectivity index (χ0v) is 15.5. The minimum absolute atomic E-state index is 0.273. The van der Waals surface area contributed by atoms with Crippen molar-refractivity contribution in [2.24, 2.45) is 0 Å². The summed E-state index contributed by atoms with van der Waals surface area (Å²) in [6.07, 6.45) is -1.40. The number of nitrogens with one attached hydrogen (secondary N) is 1. The molecule has 1 heterocycles. The predicted octanol–water partition coefficient (Wildman–Crippen LogP) is 5.81. The fraction of sp³-hybridized carbons (Fsp3) is 0.190. The van der Waals surface area contributed by atoms with Crippen molar-refractivity contribution in [3.8, 4) is 5.75 Å². The van der Waals surface area contributed by atoms with Crippen molar-refractivity contribution in [1.82, 2.24) is 0 Å². The van der Waals surface area contributed by atoms with Gasteiger partial charge < -0.3 is 14.5 Å². The minimum Gasteiger partial charge on any atom is -0.496 e. The summed E-state index contributed by atoms with van der Waals surface area (Å²) in [5, 5.41) is 3.47. The number of anilines is 1. The molecule has 0 spiro atoms. The molecular weight excluding hydrogens is 371 g/mol. The van der Waals surface area contributed by atoms with Crippen LogP contribution in [0.5, 0.6) is 5.75 Å². The fourth-order valence-corrected chi connectivity index (χ4v) is 2.85. The molecule has 0 fully saturated rings. The number of aryl methyl sites for hydroxylation is 1. The largest absolute Gasteiger partial charge is 0.496 e. The summed E-state index contributed by atoms with van der Waals surface area (Å²) in [4.78, 5) is 12.3. The molecule has 4 nitrogen and oxygen atoms in total. The maximum absolute atomic E-state index is 12.6.